The monoisotopic (exact) mass is 254 g/mol. The van der Waals surface area contributed by atoms with Crippen molar-refractivity contribution in [1.29, 1.82) is 0 Å². The van der Waals surface area contributed by atoms with E-state index in [1.54, 1.807) is 0 Å². The van der Waals surface area contributed by atoms with Crippen LogP contribution in [0.4, 0.5) is 0 Å². The van der Waals surface area contributed by atoms with E-state index in [1.165, 1.54) is 5.56 Å². The van der Waals surface area contributed by atoms with Crippen molar-refractivity contribution in [3.8, 4) is 5.75 Å². The van der Waals surface area contributed by atoms with Crippen LogP contribution in [0.15, 0.2) is 42.6 Å². The molecule has 0 saturated carbocycles. The molecule has 98 valence electrons. The van der Waals surface area contributed by atoms with Gasteiger partial charge in [0.05, 0.1) is 0 Å². The molecule has 2 aromatic rings. The number of hydrogen-bond acceptors (Lipinski definition) is 3. The predicted molar refractivity (Wildman–Crippen MR) is 75.2 cm³/mol. The Balaban J connectivity index is 1.93. The number of rotatable bonds is 2. The first kappa shape index (κ1) is 12.2. The van der Waals surface area contributed by atoms with Gasteiger partial charge in [0.2, 0.25) is 0 Å². The molecule has 2 atom stereocenters. The average molecular weight is 254 g/mol. The number of hydrogen-bond donors (Lipinski definition) is 1. The highest BCUT2D eigenvalue weighted by atomic mass is 16.5. The SMILES string of the molecule is CNC1CC(c2ccc(C)nc2)Oc2ccccc21. The maximum Gasteiger partial charge on any atom is 0.127 e. The van der Waals surface area contributed by atoms with Crippen LogP contribution < -0.4 is 10.1 Å². The van der Waals surface area contributed by atoms with Crippen molar-refractivity contribution in [2.45, 2.75) is 25.5 Å². The fraction of sp³-hybridized carbons (Fsp3) is 0.312. The van der Waals surface area contributed by atoms with Crippen molar-refractivity contribution < 1.29 is 4.74 Å². The summed E-state index contributed by atoms with van der Waals surface area (Å²) >= 11 is 0. The van der Waals surface area contributed by atoms with Crippen LogP contribution >= 0.6 is 0 Å². The minimum Gasteiger partial charge on any atom is -0.485 e. The van der Waals surface area contributed by atoms with E-state index < -0.39 is 0 Å². The van der Waals surface area contributed by atoms with Gasteiger partial charge in [-0.15, -0.1) is 0 Å². The Morgan fingerprint density at radius 1 is 1.21 bits per heavy atom. The Morgan fingerprint density at radius 3 is 2.79 bits per heavy atom. The molecule has 0 amide bonds. The highest BCUT2D eigenvalue weighted by Gasteiger charge is 2.28. The molecule has 3 heteroatoms. The van der Waals surface area contributed by atoms with Crippen LogP contribution in [0.25, 0.3) is 0 Å². The smallest absolute Gasteiger partial charge is 0.127 e. The number of aryl methyl sites for hydroxylation is 1. The van der Waals surface area contributed by atoms with E-state index in [0.29, 0.717) is 6.04 Å². The van der Waals surface area contributed by atoms with Crippen molar-refractivity contribution in [3.63, 3.8) is 0 Å². The number of ether oxygens (including phenoxy) is 1. The lowest BCUT2D eigenvalue weighted by Gasteiger charge is -2.32. The lowest BCUT2D eigenvalue weighted by Crippen LogP contribution is -2.26. The second kappa shape index (κ2) is 5.02. The molecule has 2 unspecified atom stereocenters. The van der Waals surface area contributed by atoms with Crippen LogP contribution in [-0.2, 0) is 0 Å². The van der Waals surface area contributed by atoms with Crippen molar-refractivity contribution in [2.75, 3.05) is 7.05 Å². The molecule has 1 aliphatic rings. The van der Waals surface area contributed by atoms with E-state index >= 15 is 0 Å². The van der Waals surface area contributed by atoms with E-state index in [-0.39, 0.29) is 6.10 Å². The molecule has 1 N–H and O–H groups in total. The Labute approximate surface area is 113 Å². The van der Waals surface area contributed by atoms with E-state index in [1.807, 2.05) is 38.4 Å². The highest BCUT2D eigenvalue weighted by Crippen LogP contribution is 2.40. The summed E-state index contributed by atoms with van der Waals surface area (Å²) in [6.07, 6.45) is 2.92. The first-order valence-corrected chi connectivity index (χ1v) is 6.63. The zero-order valence-electron chi connectivity index (χ0n) is 11.3. The Morgan fingerprint density at radius 2 is 2.05 bits per heavy atom. The number of fused-ring (bicyclic) bond motifs is 1. The fourth-order valence-electron chi connectivity index (χ4n) is 2.57. The minimum absolute atomic E-state index is 0.0699. The maximum atomic E-state index is 6.11. The van der Waals surface area contributed by atoms with Crippen molar-refractivity contribution in [3.05, 3.63) is 59.4 Å². The third-order valence-corrected chi connectivity index (χ3v) is 3.67. The van der Waals surface area contributed by atoms with E-state index in [2.05, 4.69) is 28.5 Å². The molecule has 1 aromatic heterocycles. The van der Waals surface area contributed by atoms with Crippen LogP contribution in [0.1, 0.15) is 35.4 Å². The number of benzene rings is 1. The van der Waals surface area contributed by atoms with Gasteiger partial charge in [-0.2, -0.15) is 0 Å². The number of pyridine rings is 1. The summed E-state index contributed by atoms with van der Waals surface area (Å²) < 4.78 is 6.11. The summed E-state index contributed by atoms with van der Waals surface area (Å²) in [4.78, 5) is 4.36. The third kappa shape index (κ3) is 2.34. The Bertz CT molecular complexity index is 565. The molecule has 0 fully saturated rings. The predicted octanol–water partition coefficient (Wildman–Crippen LogP) is 3.17. The van der Waals surface area contributed by atoms with Gasteiger partial charge >= 0.3 is 0 Å². The van der Waals surface area contributed by atoms with Gasteiger partial charge in [-0.3, -0.25) is 4.98 Å². The van der Waals surface area contributed by atoms with Gasteiger partial charge in [-0.25, -0.2) is 0 Å². The topological polar surface area (TPSA) is 34.2 Å². The third-order valence-electron chi connectivity index (χ3n) is 3.67. The standard InChI is InChI=1S/C16H18N2O/c1-11-7-8-12(10-18-11)16-9-14(17-2)13-5-3-4-6-15(13)19-16/h3-8,10,14,16-17H,9H2,1-2H3. The average Bonchev–Trinajstić information content (AvgIpc) is 2.47. The summed E-state index contributed by atoms with van der Waals surface area (Å²) in [6.45, 7) is 2.00. The summed E-state index contributed by atoms with van der Waals surface area (Å²) in [6, 6.07) is 12.7. The molecule has 0 radical (unpaired) electrons. The first-order chi connectivity index (χ1) is 9.28. The quantitative estimate of drug-likeness (QED) is 0.893. The first-order valence-electron chi connectivity index (χ1n) is 6.63. The van der Waals surface area contributed by atoms with Gasteiger partial charge in [0.1, 0.15) is 11.9 Å². The number of nitrogens with one attached hydrogen (secondary N) is 1. The van der Waals surface area contributed by atoms with Crippen LogP contribution in [0.2, 0.25) is 0 Å². The van der Waals surface area contributed by atoms with Gasteiger partial charge < -0.3 is 10.1 Å². The molecule has 3 rings (SSSR count). The van der Waals surface area contributed by atoms with Crippen LogP contribution in [0, 0.1) is 6.92 Å². The van der Waals surface area contributed by atoms with Gasteiger partial charge in [-0.05, 0) is 26.1 Å². The van der Waals surface area contributed by atoms with Gasteiger partial charge in [-0.1, -0.05) is 24.3 Å². The van der Waals surface area contributed by atoms with Gasteiger partial charge in [0.15, 0.2) is 0 Å². The van der Waals surface area contributed by atoms with Crippen molar-refractivity contribution in [2.24, 2.45) is 0 Å². The maximum absolute atomic E-state index is 6.11. The number of aromatic nitrogens is 1. The van der Waals surface area contributed by atoms with E-state index in [9.17, 15) is 0 Å². The molecular formula is C16H18N2O. The van der Waals surface area contributed by atoms with Crippen LogP contribution in [0.5, 0.6) is 5.75 Å². The molecule has 0 aliphatic carbocycles. The molecular weight excluding hydrogens is 236 g/mol. The lowest BCUT2D eigenvalue weighted by molar-refractivity contribution is 0.153. The highest BCUT2D eigenvalue weighted by molar-refractivity contribution is 5.39. The zero-order chi connectivity index (χ0) is 13.2. The summed E-state index contributed by atoms with van der Waals surface area (Å²) in [5.41, 5.74) is 3.41. The Kier molecular flexibility index (Phi) is 3.22. The molecule has 2 heterocycles. The minimum atomic E-state index is 0.0699. The van der Waals surface area contributed by atoms with Crippen LogP contribution in [0.3, 0.4) is 0 Å². The van der Waals surface area contributed by atoms with Crippen molar-refractivity contribution in [1.82, 2.24) is 10.3 Å². The van der Waals surface area contributed by atoms with Gasteiger partial charge in [0.25, 0.3) is 0 Å². The Hall–Kier alpha value is -1.87. The normalized spacial score (nSPS) is 21.6. The summed E-state index contributed by atoms with van der Waals surface area (Å²) in [5, 5.41) is 3.37. The molecule has 1 aromatic carbocycles. The second-order valence-electron chi connectivity index (χ2n) is 4.95. The van der Waals surface area contributed by atoms with Crippen molar-refractivity contribution >= 4 is 0 Å². The number of para-hydroxylation sites is 1. The molecule has 0 saturated heterocycles. The summed E-state index contributed by atoms with van der Waals surface area (Å²) in [7, 11) is 2.00. The van der Waals surface area contributed by atoms with Gasteiger partial charge in [0, 0.05) is 35.5 Å². The number of nitrogens with zero attached hydrogens (tertiary/aromatic N) is 1. The molecule has 0 bridgehead atoms. The largest absolute Gasteiger partial charge is 0.485 e. The molecule has 3 nitrogen and oxygen atoms in total. The molecule has 0 spiro atoms. The molecule has 19 heavy (non-hydrogen) atoms. The fourth-order valence-corrected chi connectivity index (χ4v) is 2.57. The second-order valence-corrected chi connectivity index (χ2v) is 4.95. The van der Waals surface area contributed by atoms with Crippen LogP contribution in [-0.4, -0.2) is 12.0 Å². The molecule has 1 aliphatic heterocycles. The van der Waals surface area contributed by atoms with E-state index in [0.717, 1.165) is 23.4 Å². The lowest BCUT2D eigenvalue weighted by atomic mass is 9.93. The van der Waals surface area contributed by atoms with E-state index in [4.69, 9.17) is 4.74 Å². The zero-order valence-corrected chi connectivity index (χ0v) is 11.3. The summed E-state index contributed by atoms with van der Waals surface area (Å²) in [5.74, 6) is 0.971.